The molecule has 1 aromatic carbocycles. The maximum atomic E-state index is 11.7. The van der Waals surface area contributed by atoms with Gasteiger partial charge in [0.1, 0.15) is 11.4 Å². The lowest BCUT2D eigenvalue weighted by Crippen LogP contribution is -2.49. The van der Waals surface area contributed by atoms with Gasteiger partial charge in [-0.3, -0.25) is 4.79 Å². The molecule has 1 fully saturated rings. The van der Waals surface area contributed by atoms with Crippen LogP contribution in [-0.2, 0) is 9.53 Å². The van der Waals surface area contributed by atoms with E-state index < -0.39 is 0 Å². The number of benzene rings is 1. The van der Waals surface area contributed by atoms with Crippen molar-refractivity contribution in [2.75, 3.05) is 0 Å². The van der Waals surface area contributed by atoms with Crippen LogP contribution in [0.5, 0.6) is 0 Å². The first-order valence-corrected chi connectivity index (χ1v) is 11.2. The van der Waals surface area contributed by atoms with Gasteiger partial charge in [-0.05, 0) is 18.6 Å². The molecule has 0 radical (unpaired) electrons. The third-order valence-corrected chi connectivity index (χ3v) is 6.28. The molecule has 146 valence electrons. The highest BCUT2D eigenvalue weighted by Crippen LogP contribution is 2.36. The zero-order valence-corrected chi connectivity index (χ0v) is 16.9. The summed E-state index contributed by atoms with van der Waals surface area (Å²) in [7, 11) is 0. The first-order valence-electron chi connectivity index (χ1n) is 10.3. The van der Waals surface area contributed by atoms with Crippen LogP contribution in [0.3, 0.4) is 0 Å². The number of unbranched alkanes of at least 4 members (excludes halogenated alkanes) is 8. The fourth-order valence-corrected chi connectivity index (χ4v) is 4.45. The summed E-state index contributed by atoms with van der Waals surface area (Å²) in [6.07, 6.45) is 12.4. The third kappa shape index (κ3) is 7.71. The third-order valence-electron chi connectivity index (χ3n) is 4.99. The molecule has 1 aromatic rings. The van der Waals surface area contributed by atoms with Gasteiger partial charge in [-0.15, -0.1) is 11.8 Å². The van der Waals surface area contributed by atoms with Crippen LogP contribution in [0, 0.1) is 0 Å². The molecule has 0 spiro atoms. The van der Waals surface area contributed by atoms with Gasteiger partial charge in [0.05, 0.1) is 6.10 Å². The summed E-state index contributed by atoms with van der Waals surface area (Å²) >= 11 is 1.55. The van der Waals surface area contributed by atoms with Crippen molar-refractivity contribution in [2.45, 2.75) is 99.9 Å². The van der Waals surface area contributed by atoms with Crippen LogP contribution >= 0.6 is 11.8 Å². The Kier molecular flexibility index (Phi) is 10.2. The van der Waals surface area contributed by atoms with Gasteiger partial charge in [0.2, 0.25) is 0 Å². The van der Waals surface area contributed by atoms with E-state index in [1.54, 1.807) is 11.8 Å². The Morgan fingerprint density at radius 2 is 1.62 bits per heavy atom. The average molecular weight is 379 g/mol. The SMILES string of the molecule is CCCCCCCCCCC[C@H](O)C[C@H]1OC(=O)[C@@H]1Sc1ccccc1. The number of aliphatic hydroxyl groups is 1. The topological polar surface area (TPSA) is 46.5 Å². The van der Waals surface area contributed by atoms with Gasteiger partial charge in [-0.2, -0.15) is 0 Å². The number of thioether (sulfide) groups is 1. The number of hydrogen-bond donors (Lipinski definition) is 1. The molecule has 1 saturated heterocycles. The number of carbonyl (C=O) groups excluding carboxylic acids is 1. The van der Waals surface area contributed by atoms with Gasteiger partial charge in [0.25, 0.3) is 0 Å². The van der Waals surface area contributed by atoms with Crippen LogP contribution in [0.2, 0.25) is 0 Å². The minimum absolute atomic E-state index is 0.152. The van der Waals surface area contributed by atoms with Crippen LogP contribution in [0.15, 0.2) is 35.2 Å². The molecule has 0 aromatic heterocycles. The molecule has 3 nitrogen and oxygen atoms in total. The van der Waals surface area contributed by atoms with E-state index in [0.29, 0.717) is 6.42 Å². The summed E-state index contributed by atoms with van der Waals surface area (Å²) < 4.78 is 5.27. The zero-order valence-electron chi connectivity index (χ0n) is 16.1. The lowest BCUT2D eigenvalue weighted by atomic mass is 9.99. The van der Waals surface area contributed by atoms with Gasteiger partial charge < -0.3 is 9.84 Å². The van der Waals surface area contributed by atoms with Gasteiger partial charge in [-0.1, -0.05) is 82.9 Å². The lowest BCUT2D eigenvalue weighted by Gasteiger charge is -2.35. The second-order valence-corrected chi connectivity index (χ2v) is 8.55. The molecule has 0 amide bonds. The fraction of sp³-hybridized carbons (Fsp3) is 0.682. The summed E-state index contributed by atoms with van der Waals surface area (Å²) in [5.41, 5.74) is 0. The molecular formula is C22H34O3S. The Morgan fingerprint density at radius 1 is 1.00 bits per heavy atom. The van der Waals surface area contributed by atoms with Crippen molar-refractivity contribution in [1.82, 2.24) is 0 Å². The minimum atomic E-state index is -0.364. The fourth-order valence-electron chi connectivity index (χ4n) is 3.38. The normalized spacial score (nSPS) is 20.5. The van der Waals surface area contributed by atoms with E-state index in [2.05, 4.69) is 6.92 Å². The highest BCUT2D eigenvalue weighted by Gasteiger charge is 2.43. The van der Waals surface area contributed by atoms with Crippen molar-refractivity contribution in [3.05, 3.63) is 30.3 Å². The molecular weight excluding hydrogens is 344 g/mol. The summed E-state index contributed by atoms with van der Waals surface area (Å²) in [5.74, 6) is -0.154. The Morgan fingerprint density at radius 3 is 2.23 bits per heavy atom. The van der Waals surface area contributed by atoms with Crippen molar-refractivity contribution in [3.63, 3.8) is 0 Å². The molecule has 0 aliphatic carbocycles. The van der Waals surface area contributed by atoms with E-state index in [4.69, 9.17) is 4.74 Å². The maximum absolute atomic E-state index is 11.7. The van der Waals surface area contributed by atoms with Crippen LogP contribution in [0.4, 0.5) is 0 Å². The molecule has 3 atom stereocenters. The molecule has 1 aliphatic heterocycles. The molecule has 1 aliphatic rings. The zero-order chi connectivity index (χ0) is 18.6. The molecule has 1 N–H and O–H groups in total. The van der Waals surface area contributed by atoms with Crippen LogP contribution in [0.25, 0.3) is 0 Å². The van der Waals surface area contributed by atoms with Crippen LogP contribution in [0.1, 0.15) is 77.6 Å². The number of rotatable bonds is 14. The minimum Gasteiger partial charge on any atom is -0.459 e. The van der Waals surface area contributed by atoms with Gasteiger partial charge in [0, 0.05) is 11.3 Å². The number of ether oxygens (including phenoxy) is 1. The first kappa shape index (κ1) is 21.3. The number of aliphatic hydroxyl groups excluding tert-OH is 1. The summed E-state index contributed by atoms with van der Waals surface area (Å²) in [4.78, 5) is 12.8. The lowest BCUT2D eigenvalue weighted by molar-refractivity contribution is -0.169. The first-order chi connectivity index (χ1) is 12.7. The van der Waals surface area contributed by atoms with Crippen molar-refractivity contribution >= 4 is 17.7 Å². The molecule has 2 rings (SSSR count). The van der Waals surface area contributed by atoms with E-state index in [0.717, 1.165) is 17.7 Å². The van der Waals surface area contributed by atoms with Gasteiger partial charge >= 0.3 is 5.97 Å². The Hall–Kier alpha value is -1.00. The Balaban J connectivity index is 1.53. The highest BCUT2D eigenvalue weighted by molar-refractivity contribution is 8.00. The predicted molar refractivity (Wildman–Crippen MR) is 108 cm³/mol. The quantitative estimate of drug-likeness (QED) is 0.331. The monoisotopic (exact) mass is 378 g/mol. The van der Waals surface area contributed by atoms with Crippen molar-refractivity contribution < 1.29 is 14.6 Å². The number of cyclic esters (lactones) is 1. The second-order valence-electron chi connectivity index (χ2n) is 7.33. The van der Waals surface area contributed by atoms with Crippen LogP contribution < -0.4 is 0 Å². The molecule has 1 heterocycles. The Bertz CT molecular complexity index is 505. The smallest absolute Gasteiger partial charge is 0.323 e. The number of hydrogen-bond acceptors (Lipinski definition) is 4. The van der Waals surface area contributed by atoms with Crippen LogP contribution in [-0.4, -0.2) is 28.5 Å². The maximum Gasteiger partial charge on any atom is 0.323 e. The molecule has 0 unspecified atom stereocenters. The summed E-state index contributed by atoms with van der Waals surface area (Å²) in [6, 6.07) is 9.92. The largest absolute Gasteiger partial charge is 0.459 e. The average Bonchev–Trinajstić information content (AvgIpc) is 2.65. The number of carbonyl (C=O) groups is 1. The van der Waals surface area contributed by atoms with Crippen molar-refractivity contribution in [3.8, 4) is 0 Å². The standard InChI is InChI=1S/C22H34O3S/c1-2-3-4-5-6-7-8-9-11-14-18(23)17-20-21(22(24)25-20)26-19-15-12-10-13-16-19/h10,12-13,15-16,18,20-21,23H,2-9,11,14,17H2,1H3/t18-,20+,21+/m0/s1. The molecule has 26 heavy (non-hydrogen) atoms. The van der Waals surface area contributed by atoms with Gasteiger partial charge in [0.15, 0.2) is 0 Å². The second kappa shape index (κ2) is 12.4. The van der Waals surface area contributed by atoms with E-state index in [9.17, 15) is 9.90 Å². The summed E-state index contributed by atoms with van der Waals surface area (Å²) in [6.45, 7) is 2.25. The van der Waals surface area contributed by atoms with E-state index in [-0.39, 0.29) is 23.4 Å². The predicted octanol–water partition coefficient (Wildman–Crippen LogP) is 5.74. The molecule has 0 bridgehead atoms. The van der Waals surface area contributed by atoms with E-state index >= 15 is 0 Å². The summed E-state index contributed by atoms with van der Waals surface area (Å²) in [5, 5.41) is 10.1. The van der Waals surface area contributed by atoms with E-state index in [1.165, 1.54) is 51.4 Å². The highest BCUT2D eigenvalue weighted by atomic mass is 32.2. The van der Waals surface area contributed by atoms with E-state index in [1.807, 2.05) is 30.3 Å². The Labute approximate surface area is 162 Å². The van der Waals surface area contributed by atoms with Crippen molar-refractivity contribution in [2.24, 2.45) is 0 Å². The van der Waals surface area contributed by atoms with Crippen molar-refractivity contribution in [1.29, 1.82) is 0 Å². The van der Waals surface area contributed by atoms with Gasteiger partial charge in [-0.25, -0.2) is 0 Å². The molecule has 0 saturated carbocycles. The number of esters is 1. The molecule has 4 heteroatoms.